The highest BCUT2D eigenvalue weighted by molar-refractivity contribution is 6.02. The fourth-order valence-electron chi connectivity index (χ4n) is 2.61. The van der Waals surface area contributed by atoms with Crippen molar-refractivity contribution >= 4 is 11.6 Å². The van der Waals surface area contributed by atoms with Gasteiger partial charge in [-0.15, -0.1) is 0 Å². The lowest BCUT2D eigenvalue weighted by atomic mass is 10.1. The minimum absolute atomic E-state index is 0.172. The third-order valence-corrected chi connectivity index (χ3v) is 3.86. The third-order valence-electron chi connectivity index (χ3n) is 3.86. The van der Waals surface area contributed by atoms with Crippen molar-refractivity contribution in [1.29, 1.82) is 0 Å². The normalized spacial score (nSPS) is 17.7. The Hall–Kier alpha value is -2.62. The molecular formula is C16H18F3N5O2. The second-order valence-electron chi connectivity index (χ2n) is 5.92. The zero-order chi connectivity index (χ0) is 18.6. The van der Waals surface area contributed by atoms with Gasteiger partial charge in [-0.3, -0.25) is 9.48 Å². The van der Waals surface area contributed by atoms with Gasteiger partial charge in [-0.25, -0.2) is 4.98 Å². The van der Waals surface area contributed by atoms with Crippen LogP contribution in [-0.2, 0) is 0 Å². The molecule has 0 saturated carbocycles. The first-order valence-electron chi connectivity index (χ1n) is 8.13. The Bertz CT molecular complexity index is 739. The largest absolute Gasteiger partial charge is 0.468 e. The van der Waals surface area contributed by atoms with Crippen molar-refractivity contribution in [2.24, 2.45) is 0 Å². The van der Waals surface area contributed by atoms with Crippen molar-refractivity contribution in [3.63, 3.8) is 0 Å². The van der Waals surface area contributed by atoms with Gasteiger partial charge in [-0.1, -0.05) is 0 Å². The molecule has 0 spiro atoms. The van der Waals surface area contributed by atoms with E-state index in [-0.39, 0.29) is 17.6 Å². The van der Waals surface area contributed by atoms with E-state index in [4.69, 9.17) is 0 Å². The Morgan fingerprint density at radius 1 is 1.38 bits per heavy atom. The lowest BCUT2D eigenvalue weighted by Gasteiger charge is -2.22. The minimum Gasteiger partial charge on any atom is -0.468 e. The van der Waals surface area contributed by atoms with Crippen LogP contribution < -0.4 is 15.4 Å². The number of carbonyl (C=O) groups excluding carboxylic acids is 1. The van der Waals surface area contributed by atoms with Crippen LogP contribution in [0.5, 0.6) is 5.88 Å². The number of alkyl halides is 3. The summed E-state index contributed by atoms with van der Waals surface area (Å²) in [5.41, 5.74) is 0.594. The standard InChI is InChI=1S/C16H18F3N5O2/c17-16(18,19)10-26-14-4-3-11(8-21-14)22-15(25)13-5-7-24(23-13)12-2-1-6-20-9-12/h3-5,7-8,12,20H,1-2,6,9-10H2,(H,22,25). The molecule has 3 rings (SSSR count). The number of amides is 1. The van der Waals surface area contributed by atoms with Gasteiger partial charge in [0, 0.05) is 18.8 Å². The Morgan fingerprint density at radius 3 is 2.88 bits per heavy atom. The molecule has 0 bridgehead atoms. The topological polar surface area (TPSA) is 81.1 Å². The number of hydrogen-bond acceptors (Lipinski definition) is 5. The molecular weight excluding hydrogens is 351 g/mol. The Labute approximate surface area is 147 Å². The van der Waals surface area contributed by atoms with Crippen LogP contribution >= 0.6 is 0 Å². The van der Waals surface area contributed by atoms with Crippen molar-refractivity contribution in [3.05, 3.63) is 36.3 Å². The van der Waals surface area contributed by atoms with E-state index in [1.54, 1.807) is 16.9 Å². The first-order chi connectivity index (χ1) is 12.4. The summed E-state index contributed by atoms with van der Waals surface area (Å²) in [6.07, 6.45) is 0.616. The molecule has 1 unspecified atom stereocenters. The monoisotopic (exact) mass is 369 g/mol. The molecule has 7 nitrogen and oxygen atoms in total. The van der Waals surface area contributed by atoms with Gasteiger partial charge in [-0.2, -0.15) is 18.3 Å². The fourth-order valence-corrected chi connectivity index (χ4v) is 2.61. The number of nitrogens with zero attached hydrogens (tertiary/aromatic N) is 3. The van der Waals surface area contributed by atoms with Crippen LogP contribution in [0.15, 0.2) is 30.6 Å². The summed E-state index contributed by atoms with van der Waals surface area (Å²) in [4.78, 5) is 16.0. The predicted molar refractivity (Wildman–Crippen MR) is 87.1 cm³/mol. The molecule has 1 atom stereocenters. The van der Waals surface area contributed by atoms with Gasteiger partial charge < -0.3 is 15.4 Å². The van der Waals surface area contributed by atoms with Crippen molar-refractivity contribution in [2.75, 3.05) is 25.0 Å². The van der Waals surface area contributed by atoms with Crippen molar-refractivity contribution in [1.82, 2.24) is 20.1 Å². The van der Waals surface area contributed by atoms with E-state index in [1.807, 2.05) is 0 Å². The summed E-state index contributed by atoms with van der Waals surface area (Å²) in [7, 11) is 0. The number of hydrogen-bond donors (Lipinski definition) is 2. The molecule has 1 saturated heterocycles. The highest BCUT2D eigenvalue weighted by Crippen LogP contribution is 2.19. The van der Waals surface area contributed by atoms with E-state index >= 15 is 0 Å². The van der Waals surface area contributed by atoms with Crippen LogP contribution in [0.3, 0.4) is 0 Å². The van der Waals surface area contributed by atoms with Crippen LogP contribution in [0.25, 0.3) is 0 Å². The lowest BCUT2D eigenvalue weighted by Crippen LogP contribution is -2.32. The maximum atomic E-state index is 12.2. The molecule has 2 N–H and O–H groups in total. The Kier molecular flexibility index (Phi) is 5.40. The Morgan fingerprint density at radius 2 is 2.23 bits per heavy atom. The van der Waals surface area contributed by atoms with Gasteiger partial charge in [0.15, 0.2) is 12.3 Å². The maximum absolute atomic E-state index is 12.2. The number of pyridine rings is 1. The third kappa shape index (κ3) is 4.94. The van der Waals surface area contributed by atoms with E-state index in [1.165, 1.54) is 18.3 Å². The number of anilines is 1. The molecule has 0 radical (unpaired) electrons. The first kappa shape index (κ1) is 18.2. The molecule has 2 aromatic rings. The zero-order valence-corrected chi connectivity index (χ0v) is 13.8. The fraction of sp³-hybridized carbons (Fsp3) is 0.438. The summed E-state index contributed by atoms with van der Waals surface area (Å²) in [5.74, 6) is -0.590. The summed E-state index contributed by atoms with van der Waals surface area (Å²) in [6, 6.07) is 4.52. The minimum atomic E-state index is -4.43. The van der Waals surface area contributed by atoms with Gasteiger partial charge in [-0.05, 0) is 31.5 Å². The summed E-state index contributed by atoms with van der Waals surface area (Å²) < 4.78 is 42.6. The number of carbonyl (C=O) groups is 1. The van der Waals surface area contributed by atoms with Gasteiger partial charge in [0.2, 0.25) is 5.88 Å². The molecule has 3 heterocycles. The number of ether oxygens (including phenoxy) is 1. The number of rotatable bonds is 5. The van der Waals surface area contributed by atoms with Crippen LogP contribution in [0, 0.1) is 0 Å². The molecule has 0 aromatic carbocycles. The quantitative estimate of drug-likeness (QED) is 0.846. The van der Waals surface area contributed by atoms with Crippen molar-refractivity contribution < 1.29 is 22.7 Å². The maximum Gasteiger partial charge on any atom is 0.422 e. The second-order valence-corrected chi connectivity index (χ2v) is 5.92. The molecule has 0 aliphatic carbocycles. The molecule has 1 amide bonds. The summed E-state index contributed by atoms with van der Waals surface area (Å²) in [5, 5.41) is 10.2. The van der Waals surface area contributed by atoms with Crippen LogP contribution in [0.2, 0.25) is 0 Å². The van der Waals surface area contributed by atoms with Gasteiger partial charge in [0.25, 0.3) is 5.91 Å². The summed E-state index contributed by atoms with van der Waals surface area (Å²) >= 11 is 0. The number of piperidine rings is 1. The molecule has 1 aliphatic rings. The number of halogens is 3. The Balaban J connectivity index is 1.57. The second kappa shape index (κ2) is 7.73. The molecule has 2 aromatic heterocycles. The number of aromatic nitrogens is 3. The lowest BCUT2D eigenvalue weighted by molar-refractivity contribution is -0.154. The molecule has 1 aliphatic heterocycles. The first-order valence-corrected chi connectivity index (χ1v) is 8.13. The highest BCUT2D eigenvalue weighted by atomic mass is 19.4. The van der Waals surface area contributed by atoms with Crippen molar-refractivity contribution in [2.45, 2.75) is 25.1 Å². The molecule has 10 heteroatoms. The van der Waals surface area contributed by atoms with Gasteiger partial charge >= 0.3 is 6.18 Å². The summed E-state index contributed by atoms with van der Waals surface area (Å²) in [6.45, 7) is 0.381. The highest BCUT2D eigenvalue weighted by Gasteiger charge is 2.28. The van der Waals surface area contributed by atoms with Crippen LogP contribution in [-0.4, -0.2) is 46.5 Å². The van der Waals surface area contributed by atoms with Gasteiger partial charge in [0.1, 0.15) is 0 Å². The van der Waals surface area contributed by atoms with Gasteiger partial charge in [0.05, 0.1) is 17.9 Å². The van der Waals surface area contributed by atoms with Crippen molar-refractivity contribution in [3.8, 4) is 5.88 Å². The molecule has 26 heavy (non-hydrogen) atoms. The SMILES string of the molecule is O=C(Nc1ccc(OCC(F)(F)F)nc1)c1ccn(C2CCCNC2)n1. The van der Waals surface area contributed by atoms with Crippen LogP contribution in [0.4, 0.5) is 18.9 Å². The average molecular weight is 369 g/mol. The van der Waals surface area contributed by atoms with E-state index < -0.39 is 18.7 Å². The molecule has 140 valence electrons. The average Bonchev–Trinajstić information content (AvgIpc) is 3.11. The predicted octanol–water partition coefficient (Wildman–Crippen LogP) is 2.40. The zero-order valence-electron chi connectivity index (χ0n) is 13.8. The smallest absolute Gasteiger partial charge is 0.422 e. The molecule has 1 fully saturated rings. The van der Waals surface area contributed by atoms with E-state index in [0.29, 0.717) is 5.69 Å². The number of nitrogens with one attached hydrogen (secondary N) is 2. The van der Waals surface area contributed by atoms with E-state index in [2.05, 4.69) is 25.5 Å². The van der Waals surface area contributed by atoms with Crippen LogP contribution in [0.1, 0.15) is 29.4 Å². The van der Waals surface area contributed by atoms with E-state index in [0.717, 1.165) is 25.9 Å². The van der Waals surface area contributed by atoms with E-state index in [9.17, 15) is 18.0 Å².